The smallest absolute Gasteiger partial charge is 0.146 e. The van der Waals surface area contributed by atoms with Crippen LogP contribution in [0.25, 0.3) is 0 Å². The number of halogens is 3. The summed E-state index contributed by atoms with van der Waals surface area (Å²) in [6.07, 6.45) is 3.42. The maximum absolute atomic E-state index is 13.6. The first-order chi connectivity index (χ1) is 6.70. The molecule has 1 nitrogen and oxygen atoms in total. The average Bonchev–Trinajstić information content (AvgIpc) is 2.06. The van der Waals surface area contributed by atoms with Crippen molar-refractivity contribution in [1.82, 2.24) is 0 Å². The third-order valence-corrected chi connectivity index (χ3v) is 3.29. The first-order valence-electron chi connectivity index (χ1n) is 4.89. The minimum Gasteiger partial charge on any atom is -0.324 e. The van der Waals surface area contributed by atoms with Crippen LogP contribution in [0.4, 0.5) is 4.39 Å². The molecule has 0 radical (unpaired) electrons. The predicted molar refractivity (Wildman–Crippen MR) is 62.9 cm³/mol. The first kappa shape index (κ1) is 12.8. The number of rotatable bonds is 2. The minimum absolute atomic E-state index is 0. The van der Waals surface area contributed by atoms with Crippen molar-refractivity contribution in [2.45, 2.75) is 25.3 Å². The Morgan fingerprint density at radius 3 is 2.60 bits per heavy atom. The van der Waals surface area contributed by atoms with E-state index in [-0.39, 0.29) is 29.3 Å². The third-order valence-electron chi connectivity index (χ3n) is 3.00. The topological polar surface area (TPSA) is 26.0 Å². The second-order valence-corrected chi connectivity index (χ2v) is 4.27. The summed E-state index contributed by atoms with van der Waals surface area (Å²) < 4.78 is 13.6. The van der Waals surface area contributed by atoms with Gasteiger partial charge in [-0.3, -0.25) is 0 Å². The van der Waals surface area contributed by atoms with Gasteiger partial charge in [0.25, 0.3) is 0 Å². The van der Waals surface area contributed by atoms with Gasteiger partial charge in [0.05, 0.1) is 5.02 Å². The molecule has 1 aliphatic rings. The highest BCUT2D eigenvalue weighted by atomic mass is 35.5. The third kappa shape index (κ3) is 2.44. The van der Waals surface area contributed by atoms with Crippen LogP contribution in [0.2, 0.25) is 5.02 Å². The molecule has 2 rings (SSSR count). The van der Waals surface area contributed by atoms with Gasteiger partial charge >= 0.3 is 0 Å². The maximum atomic E-state index is 13.6. The summed E-state index contributed by atoms with van der Waals surface area (Å²) in [6.45, 7) is 0. The predicted octanol–water partition coefficient (Wildman–Crippen LogP) is 3.70. The summed E-state index contributed by atoms with van der Waals surface area (Å²) in [4.78, 5) is 0. The highest BCUT2D eigenvalue weighted by Gasteiger charge is 2.27. The molecule has 2 N–H and O–H groups in total. The molecule has 0 aromatic heterocycles. The largest absolute Gasteiger partial charge is 0.324 e. The van der Waals surface area contributed by atoms with Gasteiger partial charge < -0.3 is 5.73 Å². The molecular weight excluding hydrogens is 236 g/mol. The van der Waals surface area contributed by atoms with Gasteiger partial charge in [-0.05, 0) is 24.8 Å². The molecule has 84 valence electrons. The Balaban J connectivity index is 0.00000112. The molecule has 1 fully saturated rings. The summed E-state index contributed by atoms with van der Waals surface area (Å²) in [7, 11) is 0. The van der Waals surface area contributed by atoms with Crippen molar-refractivity contribution in [3.05, 3.63) is 34.6 Å². The van der Waals surface area contributed by atoms with E-state index in [2.05, 4.69) is 0 Å². The van der Waals surface area contributed by atoms with Gasteiger partial charge in [0, 0.05) is 11.6 Å². The van der Waals surface area contributed by atoms with Crippen molar-refractivity contribution < 1.29 is 4.39 Å². The van der Waals surface area contributed by atoms with Crippen LogP contribution in [0.5, 0.6) is 0 Å². The molecule has 15 heavy (non-hydrogen) atoms. The van der Waals surface area contributed by atoms with Gasteiger partial charge in [0.1, 0.15) is 5.82 Å². The molecule has 0 unspecified atom stereocenters. The summed E-state index contributed by atoms with van der Waals surface area (Å²) in [6, 6.07) is 4.83. The van der Waals surface area contributed by atoms with Crippen molar-refractivity contribution in [2.75, 3.05) is 0 Å². The molecule has 1 atom stereocenters. The van der Waals surface area contributed by atoms with Gasteiger partial charge in [-0.25, -0.2) is 4.39 Å². The quantitative estimate of drug-likeness (QED) is 0.850. The van der Waals surface area contributed by atoms with Gasteiger partial charge in [-0.15, -0.1) is 12.4 Å². The highest BCUT2D eigenvalue weighted by Crippen LogP contribution is 2.37. The van der Waals surface area contributed by atoms with Gasteiger partial charge in [-0.1, -0.05) is 30.2 Å². The van der Waals surface area contributed by atoms with E-state index in [0.29, 0.717) is 11.5 Å². The van der Waals surface area contributed by atoms with Crippen LogP contribution >= 0.6 is 24.0 Å². The number of hydrogen-bond donors (Lipinski definition) is 1. The van der Waals surface area contributed by atoms with Crippen LogP contribution < -0.4 is 5.73 Å². The van der Waals surface area contributed by atoms with E-state index in [9.17, 15) is 4.39 Å². The normalized spacial score (nSPS) is 17.8. The fraction of sp³-hybridized carbons (Fsp3) is 0.455. The van der Waals surface area contributed by atoms with Crippen LogP contribution in [0.15, 0.2) is 18.2 Å². The molecule has 0 spiro atoms. The second-order valence-electron chi connectivity index (χ2n) is 3.86. The molecule has 0 aliphatic heterocycles. The SMILES string of the molecule is Cl.N[C@H](c1cccc(Cl)c1F)C1CCC1. The van der Waals surface area contributed by atoms with Gasteiger partial charge in [-0.2, -0.15) is 0 Å². The van der Waals surface area contributed by atoms with Crippen molar-refractivity contribution >= 4 is 24.0 Å². The van der Waals surface area contributed by atoms with Crippen LogP contribution in [0.3, 0.4) is 0 Å². The molecule has 0 bridgehead atoms. The van der Waals surface area contributed by atoms with Gasteiger partial charge in [0.2, 0.25) is 0 Å². The standard InChI is InChI=1S/C11H13ClFN.ClH/c12-9-6-2-5-8(10(9)13)11(14)7-3-1-4-7;/h2,5-7,11H,1,3-4,14H2;1H/t11-;/m0./s1. The zero-order valence-corrected chi connectivity index (χ0v) is 9.82. The molecule has 0 saturated heterocycles. The lowest BCUT2D eigenvalue weighted by Gasteiger charge is -2.31. The van der Waals surface area contributed by atoms with E-state index in [4.69, 9.17) is 17.3 Å². The first-order valence-corrected chi connectivity index (χ1v) is 5.27. The molecule has 0 heterocycles. The molecule has 0 amide bonds. The van der Waals surface area contributed by atoms with Crippen molar-refractivity contribution in [3.8, 4) is 0 Å². The highest BCUT2D eigenvalue weighted by molar-refractivity contribution is 6.30. The van der Waals surface area contributed by atoms with E-state index in [0.717, 1.165) is 12.8 Å². The van der Waals surface area contributed by atoms with Crippen LogP contribution in [0, 0.1) is 11.7 Å². The fourth-order valence-electron chi connectivity index (χ4n) is 1.83. The van der Waals surface area contributed by atoms with Crippen molar-refractivity contribution in [2.24, 2.45) is 11.7 Å². The lowest BCUT2D eigenvalue weighted by Crippen LogP contribution is -2.27. The zero-order chi connectivity index (χ0) is 10.1. The molecule has 1 saturated carbocycles. The second kappa shape index (κ2) is 5.15. The van der Waals surface area contributed by atoms with E-state index >= 15 is 0 Å². The average molecular weight is 250 g/mol. The molecule has 4 heteroatoms. The zero-order valence-electron chi connectivity index (χ0n) is 8.25. The van der Waals surface area contributed by atoms with Gasteiger partial charge in [0.15, 0.2) is 0 Å². The van der Waals surface area contributed by atoms with Crippen molar-refractivity contribution in [3.63, 3.8) is 0 Å². The van der Waals surface area contributed by atoms with E-state index in [1.807, 2.05) is 0 Å². The molecule has 1 aromatic rings. The van der Waals surface area contributed by atoms with E-state index < -0.39 is 0 Å². The van der Waals surface area contributed by atoms with Crippen LogP contribution in [-0.2, 0) is 0 Å². The van der Waals surface area contributed by atoms with Crippen molar-refractivity contribution in [1.29, 1.82) is 0 Å². The Morgan fingerprint density at radius 2 is 2.07 bits per heavy atom. The molecule has 1 aliphatic carbocycles. The Morgan fingerprint density at radius 1 is 1.40 bits per heavy atom. The summed E-state index contributed by atoms with van der Waals surface area (Å²) in [5, 5.41) is 0.164. The Bertz CT molecular complexity index is 339. The minimum atomic E-state index is -0.353. The number of nitrogens with two attached hydrogens (primary N) is 1. The van der Waals surface area contributed by atoms with E-state index in [1.165, 1.54) is 6.42 Å². The van der Waals surface area contributed by atoms with E-state index in [1.54, 1.807) is 18.2 Å². The number of benzene rings is 1. The van der Waals surface area contributed by atoms with Crippen LogP contribution in [0.1, 0.15) is 30.9 Å². The Hall–Kier alpha value is -0.310. The lowest BCUT2D eigenvalue weighted by atomic mass is 9.77. The Labute approximate surface area is 100 Å². The van der Waals surface area contributed by atoms with Crippen LogP contribution in [-0.4, -0.2) is 0 Å². The molecular formula is C11H14Cl2FN. The summed E-state index contributed by atoms with van der Waals surface area (Å²) >= 11 is 5.69. The lowest BCUT2D eigenvalue weighted by molar-refractivity contribution is 0.260. The molecule has 1 aromatic carbocycles. The monoisotopic (exact) mass is 249 g/mol. The summed E-state index contributed by atoms with van der Waals surface area (Å²) in [5.74, 6) is 0.0801. The Kier molecular flexibility index (Phi) is 4.38. The summed E-state index contributed by atoms with van der Waals surface area (Å²) in [5.41, 5.74) is 6.53. The number of hydrogen-bond acceptors (Lipinski definition) is 1. The maximum Gasteiger partial charge on any atom is 0.146 e. The fourth-order valence-corrected chi connectivity index (χ4v) is 2.01.